The van der Waals surface area contributed by atoms with Crippen molar-refractivity contribution in [1.82, 2.24) is 4.57 Å². The maximum Gasteiger partial charge on any atom is 0.253 e. The van der Waals surface area contributed by atoms with E-state index in [9.17, 15) is 0 Å². The number of unbranched alkanes of at least 4 members (excludes halogenated alkanes) is 2. The lowest BCUT2D eigenvalue weighted by molar-refractivity contribution is -0.702. The Morgan fingerprint density at radius 2 is 1.37 bits per heavy atom. The van der Waals surface area contributed by atoms with Crippen LogP contribution in [0.3, 0.4) is 0 Å². The predicted molar refractivity (Wildman–Crippen MR) is 118 cm³/mol. The summed E-state index contributed by atoms with van der Waals surface area (Å²) >= 11 is 0. The van der Waals surface area contributed by atoms with Gasteiger partial charge in [-0.15, -0.1) is 0 Å². The Morgan fingerprint density at radius 1 is 0.815 bits per heavy atom. The second-order valence-electron chi connectivity index (χ2n) is 7.09. The highest BCUT2D eigenvalue weighted by molar-refractivity contribution is 7.79. The lowest BCUT2D eigenvalue weighted by atomic mass is 10.3. The van der Waals surface area contributed by atoms with E-state index in [1.807, 2.05) is 0 Å². The van der Waals surface area contributed by atoms with Crippen LogP contribution in [0.2, 0.25) is 0 Å². The fourth-order valence-electron chi connectivity index (χ4n) is 3.52. The molecule has 0 spiro atoms. The van der Waals surface area contributed by atoms with Crippen LogP contribution in [0.1, 0.15) is 45.4 Å². The van der Waals surface area contributed by atoms with Gasteiger partial charge in [-0.1, -0.05) is 87.4 Å². The first-order valence-electron chi connectivity index (χ1n) is 10.3. The molecule has 0 amide bonds. The number of rotatable bonds is 9. The number of nitrogens with zero attached hydrogens (tertiary/aromatic N) is 2. The minimum Gasteiger partial charge on any atom is -0.234 e. The van der Waals surface area contributed by atoms with Crippen molar-refractivity contribution in [2.75, 3.05) is 0 Å². The molecule has 0 bridgehead atoms. The van der Waals surface area contributed by atoms with Crippen LogP contribution in [-0.4, -0.2) is 4.57 Å². The quantitative estimate of drug-likeness (QED) is 0.384. The molecule has 0 unspecified atom stereocenters. The summed E-state index contributed by atoms with van der Waals surface area (Å²) in [5.74, 6) is 1.39. The van der Waals surface area contributed by atoms with Crippen molar-refractivity contribution >= 4 is 24.0 Å². The topological polar surface area (TPSA) is 8.81 Å². The van der Waals surface area contributed by atoms with Gasteiger partial charge in [0.05, 0.1) is 13.1 Å². The Bertz CT molecular complexity index is 785. The molecule has 0 fully saturated rings. The summed E-state index contributed by atoms with van der Waals surface area (Å²) in [4.78, 5) is 0. The van der Waals surface area contributed by atoms with Gasteiger partial charge in [0.15, 0.2) is 5.44 Å². The van der Waals surface area contributed by atoms with Crippen LogP contribution in [0, 0.1) is 6.92 Å². The maximum atomic E-state index is 2.59. The second-order valence-corrected chi connectivity index (χ2v) is 9.25. The summed E-state index contributed by atoms with van der Waals surface area (Å²) < 4.78 is 5.07. The highest BCUT2D eigenvalue weighted by Gasteiger charge is 2.28. The molecule has 0 aliphatic heterocycles. The molecule has 3 rings (SSSR count). The van der Waals surface area contributed by atoms with Crippen LogP contribution in [0.4, 0.5) is 0 Å². The van der Waals surface area contributed by atoms with Crippen molar-refractivity contribution in [3.8, 4) is 0 Å². The standard InChI is InChI=1S/C24H32N2P/c1-4-6-18-25-20-24(26(21(25)3)19-7-5-2)27(22-14-10-8-11-15-22)23-16-12-9-13-17-23/h8-17,20H,4-7,18-19H2,1-3H3/q+1. The van der Waals surface area contributed by atoms with Crippen LogP contribution in [0.15, 0.2) is 66.9 Å². The molecule has 1 heterocycles. The van der Waals surface area contributed by atoms with E-state index in [2.05, 4.69) is 96.8 Å². The van der Waals surface area contributed by atoms with Crippen molar-refractivity contribution in [1.29, 1.82) is 0 Å². The first kappa shape index (κ1) is 19.8. The van der Waals surface area contributed by atoms with Gasteiger partial charge in [-0.25, -0.2) is 9.13 Å². The van der Waals surface area contributed by atoms with Crippen LogP contribution in [-0.2, 0) is 13.1 Å². The highest BCUT2D eigenvalue weighted by atomic mass is 31.1. The van der Waals surface area contributed by atoms with E-state index in [1.54, 1.807) is 0 Å². The lowest BCUT2D eigenvalue weighted by Gasteiger charge is -2.17. The number of hydrogen-bond acceptors (Lipinski definition) is 0. The normalized spacial score (nSPS) is 11.3. The summed E-state index contributed by atoms with van der Waals surface area (Å²) in [7, 11) is -0.552. The average molecular weight is 380 g/mol. The van der Waals surface area contributed by atoms with E-state index in [0.29, 0.717) is 0 Å². The smallest absolute Gasteiger partial charge is 0.234 e. The number of imidazole rings is 1. The zero-order valence-electron chi connectivity index (χ0n) is 16.9. The van der Waals surface area contributed by atoms with Gasteiger partial charge in [0.1, 0.15) is 6.20 Å². The molecule has 2 nitrogen and oxygen atoms in total. The molecule has 142 valence electrons. The van der Waals surface area contributed by atoms with Gasteiger partial charge in [0.25, 0.3) is 5.82 Å². The molecular formula is C24H32N2P+. The molecule has 0 saturated carbocycles. The molecule has 2 aromatic carbocycles. The van der Waals surface area contributed by atoms with Crippen molar-refractivity contribution in [2.24, 2.45) is 0 Å². The molecule has 1 aromatic heterocycles. The van der Waals surface area contributed by atoms with Gasteiger partial charge in [0, 0.05) is 14.8 Å². The van der Waals surface area contributed by atoms with Gasteiger partial charge < -0.3 is 0 Å². The van der Waals surface area contributed by atoms with Crippen molar-refractivity contribution in [3.05, 3.63) is 72.7 Å². The molecular weight excluding hydrogens is 347 g/mol. The summed E-state index contributed by atoms with van der Waals surface area (Å²) in [5, 5.41) is 2.85. The number of aromatic nitrogens is 2. The lowest BCUT2D eigenvalue weighted by Crippen LogP contribution is -2.35. The van der Waals surface area contributed by atoms with Crippen LogP contribution in [0.5, 0.6) is 0 Å². The third-order valence-corrected chi connectivity index (χ3v) is 7.54. The van der Waals surface area contributed by atoms with Crippen LogP contribution in [0.25, 0.3) is 0 Å². The minimum atomic E-state index is -0.552. The Hall–Kier alpha value is -1.92. The van der Waals surface area contributed by atoms with Crippen molar-refractivity contribution < 1.29 is 4.57 Å². The maximum absolute atomic E-state index is 2.59. The largest absolute Gasteiger partial charge is 0.253 e. The van der Waals surface area contributed by atoms with Gasteiger partial charge in [-0.3, -0.25) is 0 Å². The fraction of sp³-hybridized carbons (Fsp3) is 0.375. The third kappa shape index (κ3) is 4.68. The molecule has 0 aliphatic carbocycles. The first-order valence-corrected chi connectivity index (χ1v) is 11.6. The van der Waals surface area contributed by atoms with E-state index < -0.39 is 7.92 Å². The number of hydrogen-bond donors (Lipinski definition) is 0. The summed E-state index contributed by atoms with van der Waals surface area (Å²) in [6, 6.07) is 22.1. The fourth-order valence-corrected chi connectivity index (χ4v) is 6.03. The zero-order valence-corrected chi connectivity index (χ0v) is 17.8. The van der Waals surface area contributed by atoms with E-state index >= 15 is 0 Å². The minimum absolute atomic E-state index is 0.552. The Morgan fingerprint density at radius 3 is 1.89 bits per heavy atom. The summed E-state index contributed by atoms with van der Waals surface area (Å²) in [6.45, 7) is 9.06. The number of benzene rings is 2. The van der Waals surface area contributed by atoms with E-state index in [-0.39, 0.29) is 0 Å². The van der Waals surface area contributed by atoms with E-state index in [4.69, 9.17) is 0 Å². The Balaban J connectivity index is 2.13. The van der Waals surface area contributed by atoms with Gasteiger partial charge in [-0.05, 0) is 23.5 Å². The molecule has 0 aliphatic rings. The monoisotopic (exact) mass is 379 g/mol. The van der Waals surface area contributed by atoms with Crippen molar-refractivity contribution in [3.63, 3.8) is 0 Å². The van der Waals surface area contributed by atoms with Crippen LogP contribution < -0.4 is 20.6 Å². The molecule has 27 heavy (non-hydrogen) atoms. The molecule has 0 atom stereocenters. The predicted octanol–water partition coefficient (Wildman–Crippen LogP) is 4.44. The molecule has 0 N–H and O–H groups in total. The van der Waals surface area contributed by atoms with Gasteiger partial charge >= 0.3 is 0 Å². The molecule has 0 radical (unpaired) electrons. The molecule has 3 heteroatoms. The highest BCUT2D eigenvalue weighted by Crippen LogP contribution is 2.32. The Kier molecular flexibility index (Phi) is 7.24. The van der Waals surface area contributed by atoms with Crippen molar-refractivity contribution in [2.45, 2.75) is 59.5 Å². The molecule has 0 saturated heterocycles. The SMILES string of the molecule is CCCCn1c(P(c2ccccc2)c2ccccc2)c[n+](CCCC)c1C. The second kappa shape index (κ2) is 9.85. The first-order chi connectivity index (χ1) is 13.3. The summed E-state index contributed by atoms with van der Waals surface area (Å²) in [5.41, 5.74) is 1.48. The van der Waals surface area contributed by atoms with Gasteiger partial charge in [0.2, 0.25) is 0 Å². The summed E-state index contributed by atoms with van der Waals surface area (Å²) in [6.07, 6.45) is 7.35. The van der Waals surface area contributed by atoms with E-state index in [1.165, 1.54) is 47.6 Å². The molecule has 3 aromatic rings. The zero-order chi connectivity index (χ0) is 19.1. The van der Waals surface area contributed by atoms with Gasteiger partial charge in [-0.2, -0.15) is 0 Å². The Labute approximate surface area is 165 Å². The number of aryl methyl sites for hydroxylation is 1. The van der Waals surface area contributed by atoms with E-state index in [0.717, 1.165) is 13.1 Å². The van der Waals surface area contributed by atoms with Crippen LogP contribution >= 0.6 is 7.92 Å². The average Bonchev–Trinajstić information content (AvgIpc) is 3.02. The third-order valence-electron chi connectivity index (χ3n) is 5.10.